The summed E-state index contributed by atoms with van der Waals surface area (Å²) in [4.78, 5) is 28.5. The summed E-state index contributed by atoms with van der Waals surface area (Å²) in [5, 5.41) is 3.54. The Kier molecular flexibility index (Phi) is 11.0. The predicted molar refractivity (Wildman–Crippen MR) is 161 cm³/mol. The number of rotatable bonds is 12. The third-order valence-electron chi connectivity index (χ3n) is 6.66. The molecule has 10 heteroatoms. The lowest BCUT2D eigenvalue weighted by Crippen LogP contribution is -2.51. The van der Waals surface area contributed by atoms with Crippen molar-refractivity contribution in [3.05, 3.63) is 93.5 Å². The fourth-order valence-electron chi connectivity index (χ4n) is 4.17. The summed E-state index contributed by atoms with van der Waals surface area (Å²) >= 11 is 12.8. The van der Waals surface area contributed by atoms with Gasteiger partial charge in [0.25, 0.3) is 10.0 Å². The van der Waals surface area contributed by atoms with Crippen LogP contribution in [0.25, 0.3) is 0 Å². The lowest BCUT2D eigenvalue weighted by molar-refractivity contribution is -0.139. The molecule has 3 rings (SSSR count). The van der Waals surface area contributed by atoms with Gasteiger partial charge in [0.1, 0.15) is 12.6 Å². The molecule has 1 atom stereocenters. The number of sulfonamides is 1. The van der Waals surface area contributed by atoms with Gasteiger partial charge >= 0.3 is 0 Å². The molecular formula is C30H35Cl2N3O4S. The summed E-state index contributed by atoms with van der Waals surface area (Å²) in [6.45, 7) is 7.12. The number of anilines is 1. The van der Waals surface area contributed by atoms with Crippen LogP contribution >= 0.6 is 23.2 Å². The third kappa shape index (κ3) is 7.56. The smallest absolute Gasteiger partial charge is 0.264 e. The number of unbranched alkanes of at least 4 members (excludes halogenated alkanes) is 1. The number of nitrogens with one attached hydrogen (secondary N) is 1. The van der Waals surface area contributed by atoms with Crippen molar-refractivity contribution in [3.8, 4) is 0 Å². The number of carbonyl (C=O) groups excluding carboxylic acids is 2. The molecule has 7 nitrogen and oxygen atoms in total. The number of hydrogen-bond donors (Lipinski definition) is 1. The van der Waals surface area contributed by atoms with E-state index in [9.17, 15) is 18.0 Å². The number of nitrogens with zero attached hydrogens (tertiary/aromatic N) is 2. The van der Waals surface area contributed by atoms with Crippen LogP contribution in [0.4, 0.5) is 5.69 Å². The molecule has 0 saturated carbocycles. The van der Waals surface area contributed by atoms with Gasteiger partial charge in [-0.2, -0.15) is 0 Å². The number of benzene rings is 3. The van der Waals surface area contributed by atoms with Gasteiger partial charge in [0, 0.05) is 28.7 Å². The summed E-state index contributed by atoms with van der Waals surface area (Å²) in [6, 6.07) is 17.5. The van der Waals surface area contributed by atoms with Gasteiger partial charge in [-0.3, -0.25) is 13.9 Å². The van der Waals surface area contributed by atoms with Gasteiger partial charge in [0.15, 0.2) is 0 Å². The summed E-state index contributed by atoms with van der Waals surface area (Å²) < 4.78 is 29.0. The lowest BCUT2D eigenvalue weighted by atomic mass is 10.1. The van der Waals surface area contributed by atoms with E-state index >= 15 is 0 Å². The number of amides is 2. The van der Waals surface area contributed by atoms with Crippen LogP contribution in [0.1, 0.15) is 43.4 Å². The lowest BCUT2D eigenvalue weighted by Gasteiger charge is -2.32. The zero-order valence-electron chi connectivity index (χ0n) is 23.2. The third-order valence-corrected chi connectivity index (χ3v) is 9.14. The molecule has 0 spiro atoms. The van der Waals surface area contributed by atoms with E-state index in [1.165, 1.54) is 17.0 Å². The summed E-state index contributed by atoms with van der Waals surface area (Å²) in [7, 11) is -4.14. The van der Waals surface area contributed by atoms with Gasteiger partial charge in [0.05, 0.1) is 10.6 Å². The normalized spacial score (nSPS) is 12.1. The van der Waals surface area contributed by atoms with Crippen molar-refractivity contribution in [2.75, 3.05) is 17.4 Å². The van der Waals surface area contributed by atoms with Gasteiger partial charge in [0.2, 0.25) is 11.8 Å². The number of para-hydroxylation sites is 1. The van der Waals surface area contributed by atoms with Crippen LogP contribution in [0.15, 0.2) is 71.6 Å². The molecule has 0 aliphatic carbocycles. The maximum absolute atomic E-state index is 14.0. The van der Waals surface area contributed by atoms with Crippen LogP contribution in [-0.2, 0) is 26.2 Å². The minimum atomic E-state index is -4.14. The van der Waals surface area contributed by atoms with Gasteiger partial charge in [-0.25, -0.2) is 8.42 Å². The van der Waals surface area contributed by atoms with Gasteiger partial charge in [-0.15, -0.1) is 0 Å². The Hall–Kier alpha value is -3.07. The van der Waals surface area contributed by atoms with Crippen LogP contribution in [0.2, 0.25) is 10.0 Å². The Morgan fingerprint density at radius 3 is 2.15 bits per heavy atom. The Balaban J connectivity index is 2.05. The zero-order chi connectivity index (χ0) is 29.4. The van der Waals surface area contributed by atoms with E-state index in [1.54, 1.807) is 68.4 Å². The molecule has 40 heavy (non-hydrogen) atoms. The highest BCUT2D eigenvalue weighted by Gasteiger charge is 2.33. The highest BCUT2D eigenvalue weighted by molar-refractivity contribution is 7.92. The van der Waals surface area contributed by atoms with Crippen LogP contribution in [0.5, 0.6) is 0 Å². The van der Waals surface area contributed by atoms with E-state index < -0.39 is 28.5 Å². The van der Waals surface area contributed by atoms with Crippen molar-refractivity contribution >= 4 is 50.7 Å². The van der Waals surface area contributed by atoms with Gasteiger partial charge in [-0.05, 0) is 63.1 Å². The number of aryl methyl sites for hydroxylation is 2. The first-order valence-electron chi connectivity index (χ1n) is 13.1. The summed E-state index contributed by atoms with van der Waals surface area (Å²) in [5.74, 6) is -0.929. The minimum absolute atomic E-state index is 0.0557. The average molecular weight is 605 g/mol. The van der Waals surface area contributed by atoms with E-state index in [0.29, 0.717) is 33.4 Å². The van der Waals surface area contributed by atoms with Crippen LogP contribution in [0, 0.1) is 13.8 Å². The van der Waals surface area contributed by atoms with Crippen molar-refractivity contribution < 1.29 is 18.0 Å². The van der Waals surface area contributed by atoms with Gasteiger partial charge < -0.3 is 10.2 Å². The topological polar surface area (TPSA) is 86.8 Å². The molecule has 2 amide bonds. The molecule has 0 aromatic heterocycles. The van der Waals surface area contributed by atoms with Crippen LogP contribution < -0.4 is 9.62 Å². The monoisotopic (exact) mass is 603 g/mol. The van der Waals surface area contributed by atoms with Crippen molar-refractivity contribution in [1.82, 2.24) is 10.2 Å². The Morgan fingerprint density at radius 2 is 1.55 bits per heavy atom. The van der Waals surface area contributed by atoms with Crippen LogP contribution in [0.3, 0.4) is 0 Å². The number of halogens is 2. The first kappa shape index (κ1) is 31.5. The summed E-state index contributed by atoms with van der Waals surface area (Å²) in [5.41, 5.74) is 2.42. The predicted octanol–water partition coefficient (Wildman–Crippen LogP) is 6.14. The molecule has 0 fully saturated rings. The van der Waals surface area contributed by atoms with E-state index in [0.717, 1.165) is 22.7 Å². The SMILES string of the molecule is CCCCNC(=O)[C@@H](C)N(Cc1c(Cl)cccc1Cl)C(=O)CN(c1ccccc1C)S(=O)(=O)c1ccc(C)cc1. The van der Waals surface area contributed by atoms with E-state index in [4.69, 9.17) is 23.2 Å². The maximum atomic E-state index is 14.0. The standard InChI is InChI=1S/C30H35Cl2N3O4S/c1-5-6-18-33-30(37)23(4)34(19-25-26(31)11-9-12-27(25)32)29(36)20-35(28-13-8-7-10-22(28)3)40(38,39)24-16-14-21(2)15-17-24/h7-17,23H,5-6,18-20H2,1-4H3,(H,33,37)/t23-/m1/s1. The summed E-state index contributed by atoms with van der Waals surface area (Å²) in [6.07, 6.45) is 1.69. The van der Waals surface area contributed by atoms with E-state index in [-0.39, 0.29) is 17.3 Å². The van der Waals surface area contributed by atoms with Crippen molar-refractivity contribution in [2.24, 2.45) is 0 Å². The second kappa shape index (κ2) is 14.0. The van der Waals surface area contributed by atoms with Crippen molar-refractivity contribution in [3.63, 3.8) is 0 Å². The second-order valence-electron chi connectivity index (χ2n) is 9.65. The van der Waals surface area contributed by atoms with Crippen LogP contribution in [-0.4, -0.2) is 44.3 Å². The zero-order valence-corrected chi connectivity index (χ0v) is 25.5. The van der Waals surface area contributed by atoms with E-state index in [2.05, 4.69) is 5.32 Å². The van der Waals surface area contributed by atoms with Gasteiger partial charge in [-0.1, -0.05) is 78.5 Å². The molecule has 0 radical (unpaired) electrons. The molecule has 0 bridgehead atoms. The Morgan fingerprint density at radius 1 is 0.925 bits per heavy atom. The second-order valence-corrected chi connectivity index (χ2v) is 12.3. The largest absolute Gasteiger partial charge is 0.354 e. The molecular weight excluding hydrogens is 569 g/mol. The first-order valence-corrected chi connectivity index (χ1v) is 15.3. The molecule has 0 aliphatic heterocycles. The first-order chi connectivity index (χ1) is 19.0. The molecule has 0 unspecified atom stereocenters. The molecule has 0 saturated heterocycles. The average Bonchev–Trinajstić information content (AvgIpc) is 2.92. The molecule has 214 valence electrons. The quantitative estimate of drug-likeness (QED) is 0.252. The molecule has 0 aliphatic rings. The van der Waals surface area contributed by atoms with Crippen molar-refractivity contribution in [1.29, 1.82) is 0 Å². The Labute approximate surface area is 247 Å². The van der Waals surface area contributed by atoms with E-state index in [1.807, 2.05) is 13.8 Å². The fraction of sp³-hybridized carbons (Fsp3) is 0.333. The minimum Gasteiger partial charge on any atom is -0.354 e. The molecule has 1 N–H and O–H groups in total. The number of hydrogen-bond acceptors (Lipinski definition) is 4. The van der Waals surface area contributed by atoms with Crippen molar-refractivity contribution in [2.45, 2.75) is 58.0 Å². The maximum Gasteiger partial charge on any atom is 0.264 e. The highest BCUT2D eigenvalue weighted by atomic mass is 35.5. The molecule has 3 aromatic rings. The highest BCUT2D eigenvalue weighted by Crippen LogP contribution is 2.29. The Bertz CT molecular complexity index is 1430. The molecule has 3 aromatic carbocycles. The number of carbonyl (C=O) groups is 2. The fourth-order valence-corrected chi connectivity index (χ4v) is 6.16. The molecule has 0 heterocycles.